The van der Waals surface area contributed by atoms with Crippen molar-refractivity contribution < 1.29 is 17.9 Å². The molecular formula is C23H35F3OSi. The molecular weight excluding hydrogens is 377 g/mol. The van der Waals surface area contributed by atoms with Crippen molar-refractivity contribution in [1.29, 1.82) is 0 Å². The van der Waals surface area contributed by atoms with Gasteiger partial charge in [-0.1, -0.05) is 43.5 Å². The lowest BCUT2D eigenvalue weighted by atomic mass is 9.72. The van der Waals surface area contributed by atoms with Crippen LogP contribution in [0.1, 0.15) is 69.8 Å². The molecule has 0 aromatic heterocycles. The fraction of sp³-hybridized carbons (Fsp3) is 0.739. The molecule has 1 saturated heterocycles. The smallest absolute Gasteiger partial charge is 0.200 e. The molecule has 2 fully saturated rings. The molecule has 0 atom stereocenters. The molecule has 0 N–H and O–H groups in total. The van der Waals surface area contributed by atoms with E-state index in [0.29, 0.717) is 12.2 Å². The minimum absolute atomic E-state index is 0.0184. The van der Waals surface area contributed by atoms with E-state index in [1.807, 2.05) is 0 Å². The quantitative estimate of drug-likeness (QED) is 0.329. The third-order valence-corrected chi connectivity index (χ3v) is 10.7. The first kappa shape index (κ1) is 21.7. The van der Waals surface area contributed by atoms with Gasteiger partial charge in [-0.25, -0.2) is 4.39 Å². The van der Waals surface area contributed by atoms with E-state index in [9.17, 15) is 13.2 Å². The van der Waals surface area contributed by atoms with Gasteiger partial charge < -0.3 is 4.74 Å². The molecule has 0 radical (unpaired) electrons. The lowest BCUT2D eigenvalue weighted by Crippen LogP contribution is -2.28. The topological polar surface area (TPSA) is 9.23 Å². The number of alkyl halides is 1. The van der Waals surface area contributed by atoms with Crippen molar-refractivity contribution in [3.63, 3.8) is 0 Å². The van der Waals surface area contributed by atoms with Crippen LogP contribution in [-0.4, -0.2) is 22.1 Å². The lowest BCUT2D eigenvalue weighted by Gasteiger charge is -2.37. The highest BCUT2D eigenvalue weighted by atomic mass is 28.3. The van der Waals surface area contributed by atoms with Gasteiger partial charge in [0.15, 0.2) is 11.6 Å². The Hall–Kier alpha value is -0.973. The molecule has 28 heavy (non-hydrogen) atoms. The molecule has 2 aliphatic rings. The van der Waals surface area contributed by atoms with Crippen molar-refractivity contribution in [3.8, 4) is 5.75 Å². The van der Waals surface area contributed by atoms with Crippen molar-refractivity contribution >= 4 is 8.80 Å². The van der Waals surface area contributed by atoms with Crippen LogP contribution in [0.2, 0.25) is 18.1 Å². The largest absolute Gasteiger partial charge is 0.491 e. The maximum atomic E-state index is 14.5. The van der Waals surface area contributed by atoms with Crippen molar-refractivity contribution in [2.45, 2.75) is 82.3 Å². The highest BCUT2D eigenvalue weighted by Crippen LogP contribution is 2.44. The Morgan fingerprint density at radius 3 is 2.25 bits per heavy atom. The SMILES string of the molecule is CCOc1ccc(C2CCC(C3CC[SiH](CCCCF)CC3)CC2)c(F)c1F. The van der Waals surface area contributed by atoms with E-state index in [0.717, 1.165) is 50.4 Å². The van der Waals surface area contributed by atoms with Gasteiger partial charge >= 0.3 is 0 Å². The second-order valence-electron chi connectivity index (χ2n) is 8.79. The van der Waals surface area contributed by atoms with E-state index in [4.69, 9.17) is 4.74 Å². The number of ether oxygens (including phenoxy) is 1. The van der Waals surface area contributed by atoms with Gasteiger partial charge in [0.1, 0.15) is 0 Å². The minimum Gasteiger partial charge on any atom is -0.491 e. The Bertz CT molecular complexity index is 608. The molecule has 1 nitrogen and oxygen atoms in total. The molecule has 1 heterocycles. The summed E-state index contributed by atoms with van der Waals surface area (Å²) in [5, 5.41) is 0. The number of benzene rings is 1. The summed E-state index contributed by atoms with van der Waals surface area (Å²) in [7, 11) is -0.605. The fourth-order valence-corrected chi connectivity index (χ4v) is 9.04. The summed E-state index contributed by atoms with van der Waals surface area (Å²) < 4.78 is 46.2. The summed E-state index contributed by atoms with van der Waals surface area (Å²) in [6.45, 7) is 1.94. The molecule has 1 aromatic rings. The Morgan fingerprint density at radius 2 is 1.61 bits per heavy atom. The summed E-state index contributed by atoms with van der Waals surface area (Å²) in [4.78, 5) is 0. The van der Waals surface area contributed by atoms with Crippen LogP contribution in [0.25, 0.3) is 0 Å². The van der Waals surface area contributed by atoms with E-state index in [1.54, 1.807) is 19.1 Å². The summed E-state index contributed by atoms with van der Waals surface area (Å²) in [6, 6.07) is 7.48. The van der Waals surface area contributed by atoms with Crippen molar-refractivity contribution in [2.75, 3.05) is 13.3 Å². The van der Waals surface area contributed by atoms with Gasteiger partial charge in [0, 0.05) is 8.80 Å². The first-order valence-electron chi connectivity index (χ1n) is 11.3. The molecule has 1 aliphatic carbocycles. The van der Waals surface area contributed by atoms with E-state index >= 15 is 0 Å². The third kappa shape index (κ3) is 5.34. The van der Waals surface area contributed by atoms with E-state index in [1.165, 1.54) is 31.0 Å². The molecule has 1 aliphatic heterocycles. The lowest BCUT2D eigenvalue weighted by molar-refractivity contribution is 0.214. The summed E-state index contributed by atoms with van der Waals surface area (Å²) in [6.07, 6.45) is 8.75. The second-order valence-corrected chi connectivity index (χ2v) is 12.3. The highest BCUT2D eigenvalue weighted by molar-refractivity contribution is 6.58. The maximum Gasteiger partial charge on any atom is 0.200 e. The first-order chi connectivity index (χ1) is 13.6. The molecule has 0 unspecified atom stereocenters. The van der Waals surface area contributed by atoms with Crippen LogP contribution in [0.3, 0.4) is 0 Å². The third-order valence-electron chi connectivity index (χ3n) is 7.14. The summed E-state index contributed by atoms with van der Waals surface area (Å²) >= 11 is 0. The number of rotatable bonds is 8. The second kappa shape index (κ2) is 10.7. The van der Waals surface area contributed by atoms with Gasteiger partial charge in [-0.2, -0.15) is 4.39 Å². The standard InChI is InChI=1S/C23H35F3OSi/c1-2-27-21-10-9-20(22(25)23(21)26)19-7-5-17(6-8-19)18-11-15-28(16-12-18)14-4-3-13-24/h9-10,17-19,28H,2-8,11-16H2,1H3. The molecule has 0 amide bonds. The maximum absolute atomic E-state index is 14.5. The predicted molar refractivity (Wildman–Crippen MR) is 112 cm³/mol. The fourth-order valence-electron chi connectivity index (χ4n) is 5.51. The van der Waals surface area contributed by atoms with E-state index in [2.05, 4.69) is 0 Å². The minimum atomic E-state index is -0.836. The van der Waals surface area contributed by atoms with Crippen LogP contribution in [0.5, 0.6) is 5.75 Å². The van der Waals surface area contributed by atoms with Gasteiger partial charge in [0.2, 0.25) is 5.82 Å². The normalized spacial score (nSPS) is 28.3. The molecule has 0 spiro atoms. The van der Waals surface area contributed by atoms with Crippen LogP contribution in [0.4, 0.5) is 13.2 Å². The van der Waals surface area contributed by atoms with Gasteiger partial charge in [0.25, 0.3) is 0 Å². The Kier molecular flexibility index (Phi) is 8.31. The average Bonchev–Trinajstić information content (AvgIpc) is 2.73. The van der Waals surface area contributed by atoms with Crippen LogP contribution >= 0.6 is 0 Å². The zero-order valence-electron chi connectivity index (χ0n) is 17.2. The van der Waals surface area contributed by atoms with Gasteiger partial charge in [0.05, 0.1) is 13.3 Å². The molecule has 1 saturated carbocycles. The van der Waals surface area contributed by atoms with Crippen molar-refractivity contribution in [2.24, 2.45) is 11.8 Å². The molecule has 0 bridgehead atoms. The number of hydrogen-bond acceptors (Lipinski definition) is 1. The van der Waals surface area contributed by atoms with E-state index in [-0.39, 0.29) is 18.3 Å². The average molecular weight is 413 g/mol. The summed E-state index contributed by atoms with van der Waals surface area (Å²) in [5.74, 6) is 0.185. The van der Waals surface area contributed by atoms with Crippen LogP contribution < -0.4 is 4.74 Å². The zero-order valence-corrected chi connectivity index (χ0v) is 18.4. The van der Waals surface area contributed by atoms with Gasteiger partial charge in [-0.15, -0.1) is 0 Å². The highest BCUT2D eigenvalue weighted by Gasteiger charge is 2.32. The molecule has 158 valence electrons. The summed E-state index contributed by atoms with van der Waals surface area (Å²) in [5.41, 5.74) is 0.531. The number of halogens is 3. The molecule has 1 aromatic carbocycles. The Morgan fingerprint density at radius 1 is 0.929 bits per heavy atom. The Labute approximate surface area is 169 Å². The molecule has 3 rings (SSSR count). The zero-order chi connectivity index (χ0) is 19.9. The predicted octanol–water partition coefficient (Wildman–Crippen LogP) is 7.02. The monoisotopic (exact) mass is 412 g/mol. The van der Waals surface area contributed by atoms with E-state index < -0.39 is 20.4 Å². The van der Waals surface area contributed by atoms with Crippen LogP contribution in [0.15, 0.2) is 12.1 Å². The van der Waals surface area contributed by atoms with Crippen LogP contribution in [-0.2, 0) is 0 Å². The molecule has 5 heteroatoms. The number of unbranched alkanes of at least 4 members (excludes halogenated alkanes) is 1. The van der Waals surface area contributed by atoms with Crippen molar-refractivity contribution in [3.05, 3.63) is 29.3 Å². The first-order valence-corrected chi connectivity index (χ1v) is 13.8. The van der Waals surface area contributed by atoms with Crippen LogP contribution in [0, 0.1) is 23.5 Å². The van der Waals surface area contributed by atoms with Gasteiger partial charge in [-0.3, -0.25) is 4.39 Å². The Balaban J connectivity index is 1.48. The van der Waals surface area contributed by atoms with Gasteiger partial charge in [-0.05, 0) is 68.4 Å². The number of hydrogen-bond donors (Lipinski definition) is 0. The van der Waals surface area contributed by atoms with Crippen molar-refractivity contribution in [1.82, 2.24) is 0 Å².